The smallest absolute Gasteiger partial charge is 0.250 e. The van der Waals surface area contributed by atoms with Gasteiger partial charge >= 0.3 is 0 Å². The molecule has 0 radical (unpaired) electrons. The summed E-state index contributed by atoms with van der Waals surface area (Å²) in [6.45, 7) is 0.186. The fourth-order valence-corrected chi connectivity index (χ4v) is 4.72. The Kier molecular flexibility index (Phi) is 4.12. The van der Waals surface area contributed by atoms with Crippen LogP contribution in [-0.2, 0) is 23.6 Å². The molecular formula is C9H9BrClN3O2S2. The summed E-state index contributed by atoms with van der Waals surface area (Å²) in [5, 5.41) is 4.35. The van der Waals surface area contributed by atoms with Gasteiger partial charge in [0.05, 0.1) is 21.0 Å². The third-order valence-corrected chi connectivity index (χ3v) is 6.60. The minimum absolute atomic E-state index is 0.182. The van der Waals surface area contributed by atoms with Crippen LogP contribution in [0, 0.1) is 0 Å². The number of halogens is 2. The molecule has 0 spiro atoms. The summed E-state index contributed by atoms with van der Waals surface area (Å²) in [6.07, 6.45) is 1.61. The average molecular weight is 371 g/mol. The monoisotopic (exact) mass is 369 g/mol. The Hall–Kier alpha value is -0.410. The van der Waals surface area contributed by atoms with E-state index >= 15 is 0 Å². The maximum atomic E-state index is 12.0. The van der Waals surface area contributed by atoms with Gasteiger partial charge in [-0.3, -0.25) is 4.68 Å². The molecule has 0 aliphatic rings. The van der Waals surface area contributed by atoms with Gasteiger partial charge in [-0.15, -0.1) is 11.3 Å². The van der Waals surface area contributed by atoms with E-state index in [1.165, 1.54) is 6.07 Å². The van der Waals surface area contributed by atoms with E-state index in [1.807, 2.05) is 0 Å². The Morgan fingerprint density at radius 1 is 1.61 bits per heavy atom. The van der Waals surface area contributed by atoms with E-state index in [2.05, 4.69) is 25.8 Å². The minimum Gasteiger partial charge on any atom is -0.271 e. The maximum absolute atomic E-state index is 12.0. The maximum Gasteiger partial charge on any atom is 0.250 e. The van der Waals surface area contributed by atoms with Gasteiger partial charge in [0.1, 0.15) is 4.21 Å². The molecule has 2 aromatic rings. The van der Waals surface area contributed by atoms with Crippen LogP contribution in [-0.4, -0.2) is 18.2 Å². The van der Waals surface area contributed by atoms with Crippen molar-refractivity contribution in [2.24, 2.45) is 7.05 Å². The summed E-state index contributed by atoms with van der Waals surface area (Å²) >= 11 is 10.1. The number of rotatable bonds is 4. The lowest BCUT2D eigenvalue weighted by Crippen LogP contribution is -2.23. The molecule has 0 saturated carbocycles. The Bertz CT molecular complexity index is 646. The molecule has 0 aromatic carbocycles. The van der Waals surface area contributed by atoms with Crippen molar-refractivity contribution >= 4 is 48.9 Å². The van der Waals surface area contributed by atoms with Crippen molar-refractivity contribution in [1.82, 2.24) is 14.5 Å². The predicted octanol–water partition coefficient (Wildman–Crippen LogP) is 2.38. The van der Waals surface area contributed by atoms with Crippen LogP contribution < -0.4 is 4.72 Å². The fourth-order valence-electron chi connectivity index (χ4n) is 1.27. The quantitative estimate of drug-likeness (QED) is 0.898. The first-order valence-corrected chi connectivity index (χ1v) is 8.28. The minimum atomic E-state index is -3.54. The van der Waals surface area contributed by atoms with E-state index in [0.717, 1.165) is 17.0 Å². The molecule has 0 unspecified atom stereocenters. The molecule has 0 atom stereocenters. The highest BCUT2D eigenvalue weighted by molar-refractivity contribution is 9.11. The summed E-state index contributed by atoms with van der Waals surface area (Å²) in [7, 11) is -1.79. The van der Waals surface area contributed by atoms with E-state index in [0.29, 0.717) is 8.81 Å². The zero-order valence-electron chi connectivity index (χ0n) is 9.22. The highest BCUT2D eigenvalue weighted by atomic mass is 79.9. The number of thiophene rings is 1. The van der Waals surface area contributed by atoms with Crippen LogP contribution >= 0.6 is 38.9 Å². The zero-order valence-corrected chi connectivity index (χ0v) is 13.2. The predicted molar refractivity (Wildman–Crippen MR) is 74.3 cm³/mol. The molecule has 2 aromatic heterocycles. The molecule has 18 heavy (non-hydrogen) atoms. The van der Waals surface area contributed by atoms with Crippen molar-refractivity contribution in [3.63, 3.8) is 0 Å². The molecule has 2 rings (SSSR count). The van der Waals surface area contributed by atoms with Gasteiger partial charge in [-0.2, -0.15) is 5.10 Å². The molecule has 1 N–H and O–H groups in total. The normalized spacial score (nSPS) is 11.9. The first-order valence-electron chi connectivity index (χ1n) is 4.81. The first-order chi connectivity index (χ1) is 8.40. The van der Waals surface area contributed by atoms with Gasteiger partial charge in [-0.25, -0.2) is 13.1 Å². The number of sulfonamides is 1. The van der Waals surface area contributed by atoms with Gasteiger partial charge in [0.25, 0.3) is 0 Å². The first kappa shape index (κ1) is 14.0. The topological polar surface area (TPSA) is 64.0 Å². The largest absolute Gasteiger partial charge is 0.271 e. The third kappa shape index (κ3) is 2.94. The van der Waals surface area contributed by atoms with Crippen molar-refractivity contribution in [2.75, 3.05) is 0 Å². The van der Waals surface area contributed by atoms with E-state index in [1.54, 1.807) is 24.0 Å². The second kappa shape index (κ2) is 5.30. The third-order valence-electron chi connectivity index (χ3n) is 2.25. The van der Waals surface area contributed by atoms with Crippen LogP contribution in [0.1, 0.15) is 5.69 Å². The Balaban J connectivity index is 2.15. The molecule has 0 amide bonds. The van der Waals surface area contributed by atoms with Crippen molar-refractivity contribution < 1.29 is 8.42 Å². The average Bonchev–Trinajstić information content (AvgIpc) is 2.84. The van der Waals surface area contributed by atoms with Gasteiger partial charge in [-0.1, -0.05) is 11.6 Å². The number of hydrogen-bond acceptors (Lipinski definition) is 4. The van der Waals surface area contributed by atoms with Gasteiger partial charge < -0.3 is 0 Å². The van der Waals surface area contributed by atoms with E-state index < -0.39 is 10.0 Å². The Morgan fingerprint density at radius 2 is 2.33 bits per heavy atom. The molecule has 2 heterocycles. The molecule has 9 heteroatoms. The Labute approximate surface area is 122 Å². The van der Waals surface area contributed by atoms with E-state index in [-0.39, 0.29) is 10.8 Å². The van der Waals surface area contributed by atoms with Gasteiger partial charge in [0.15, 0.2) is 0 Å². The summed E-state index contributed by atoms with van der Waals surface area (Å²) in [5.74, 6) is 0. The van der Waals surface area contributed by atoms with Crippen LogP contribution in [0.3, 0.4) is 0 Å². The fraction of sp³-hybridized carbons (Fsp3) is 0.222. The SMILES string of the molecule is Cn1nccc1CNS(=O)(=O)c1cc(Cl)c(Br)s1. The molecule has 0 fully saturated rings. The Morgan fingerprint density at radius 3 is 2.83 bits per heavy atom. The van der Waals surface area contributed by atoms with Crippen molar-refractivity contribution in [1.29, 1.82) is 0 Å². The van der Waals surface area contributed by atoms with Crippen LogP contribution in [0.5, 0.6) is 0 Å². The second-order valence-electron chi connectivity index (χ2n) is 3.46. The van der Waals surface area contributed by atoms with Crippen molar-refractivity contribution in [3.05, 3.63) is 32.8 Å². The summed E-state index contributed by atoms with van der Waals surface area (Å²) in [6, 6.07) is 3.17. The number of hydrogen-bond donors (Lipinski definition) is 1. The molecule has 0 aliphatic carbocycles. The highest BCUT2D eigenvalue weighted by Gasteiger charge is 2.19. The number of aryl methyl sites for hydroxylation is 1. The van der Waals surface area contributed by atoms with Crippen LogP contribution in [0.15, 0.2) is 26.3 Å². The zero-order chi connectivity index (χ0) is 13.3. The molecular weight excluding hydrogens is 362 g/mol. The second-order valence-corrected chi connectivity index (χ2v) is 8.23. The lowest BCUT2D eigenvalue weighted by Gasteiger charge is -2.04. The lowest BCUT2D eigenvalue weighted by molar-refractivity contribution is 0.579. The van der Waals surface area contributed by atoms with Crippen molar-refractivity contribution in [2.45, 2.75) is 10.8 Å². The summed E-state index contributed by atoms with van der Waals surface area (Å²) in [4.78, 5) is 0. The van der Waals surface area contributed by atoms with E-state index in [4.69, 9.17) is 11.6 Å². The van der Waals surface area contributed by atoms with Gasteiger partial charge in [-0.05, 0) is 28.1 Å². The molecule has 0 aliphatic heterocycles. The summed E-state index contributed by atoms with van der Waals surface area (Å²) in [5.41, 5.74) is 0.778. The van der Waals surface area contributed by atoms with Gasteiger partial charge in [0.2, 0.25) is 10.0 Å². The molecule has 98 valence electrons. The van der Waals surface area contributed by atoms with Crippen molar-refractivity contribution in [3.8, 4) is 0 Å². The van der Waals surface area contributed by atoms with Crippen LogP contribution in [0.25, 0.3) is 0 Å². The van der Waals surface area contributed by atoms with Crippen LogP contribution in [0.2, 0.25) is 5.02 Å². The lowest BCUT2D eigenvalue weighted by atomic mass is 10.4. The van der Waals surface area contributed by atoms with E-state index in [9.17, 15) is 8.42 Å². The number of aromatic nitrogens is 2. The molecule has 5 nitrogen and oxygen atoms in total. The standard InChI is InChI=1S/C9H9BrClN3O2S2/c1-14-6(2-3-12-14)5-13-18(15,16)8-4-7(11)9(10)17-8/h2-4,13H,5H2,1H3. The summed E-state index contributed by atoms with van der Waals surface area (Å²) < 4.78 is 28.9. The number of nitrogens with zero attached hydrogens (tertiary/aromatic N) is 2. The molecule has 0 saturated heterocycles. The molecule has 0 bridgehead atoms. The number of nitrogens with one attached hydrogen (secondary N) is 1. The van der Waals surface area contributed by atoms with Gasteiger partial charge in [0, 0.05) is 13.2 Å². The van der Waals surface area contributed by atoms with Crippen LogP contribution in [0.4, 0.5) is 0 Å². The highest BCUT2D eigenvalue weighted by Crippen LogP contribution is 2.34.